The average molecular weight is 111 g/mol. The molecule has 1 N–H and O–H groups in total. The molecule has 0 aromatic carbocycles. The molecule has 2 rings (SSSR count). The number of carbonyl (C=O) groups is 1. The number of rotatable bonds is 1. The van der Waals surface area contributed by atoms with Gasteiger partial charge in [0.05, 0.1) is 6.04 Å². The molecule has 0 radical (unpaired) electrons. The Balaban J connectivity index is 2.06. The van der Waals surface area contributed by atoms with Crippen molar-refractivity contribution < 1.29 is 4.79 Å². The summed E-state index contributed by atoms with van der Waals surface area (Å²) in [7, 11) is 0. The summed E-state index contributed by atoms with van der Waals surface area (Å²) >= 11 is 0. The van der Waals surface area contributed by atoms with Crippen molar-refractivity contribution in [2.45, 2.75) is 12.5 Å². The topological polar surface area (TPSA) is 29.1 Å². The molecule has 0 spiro atoms. The van der Waals surface area contributed by atoms with Gasteiger partial charge in [-0.05, 0) is 24.8 Å². The quantitative estimate of drug-likeness (QED) is 0.474. The van der Waals surface area contributed by atoms with Crippen LogP contribution in [0.1, 0.15) is 6.42 Å². The minimum Gasteiger partial charge on any atom is -0.307 e. The van der Waals surface area contributed by atoms with Crippen LogP contribution in [0.4, 0.5) is 0 Å². The van der Waals surface area contributed by atoms with Gasteiger partial charge in [0.25, 0.3) is 0 Å². The van der Waals surface area contributed by atoms with Crippen LogP contribution in [0.3, 0.4) is 0 Å². The van der Waals surface area contributed by atoms with Crippen LogP contribution in [0.5, 0.6) is 0 Å². The van der Waals surface area contributed by atoms with Gasteiger partial charge < -0.3 is 10.1 Å². The monoisotopic (exact) mass is 111 g/mol. The number of nitrogens with one attached hydrogen (secondary N) is 1. The summed E-state index contributed by atoms with van der Waals surface area (Å²) in [6.07, 6.45) is 2.33. The van der Waals surface area contributed by atoms with E-state index < -0.39 is 0 Å². The smallest absolute Gasteiger partial charge is 0.137 e. The molecular weight excluding hydrogens is 102 g/mol. The van der Waals surface area contributed by atoms with E-state index in [0.717, 1.165) is 18.7 Å². The summed E-state index contributed by atoms with van der Waals surface area (Å²) in [5.74, 6) is 1.57. The van der Waals surface area contributed by atoms with E-state index in [4.69, 9.17) is 0 Å². The summed E-state index contributed by atoms with van der Waals surface area (Å²) in [4.78, 5) is 10.2. The summed E-state index contributed by atoms with van der Waals surface area (Å²) < 4.78 is 0. The van der Waals surface area contributed by atoms with E-state index in [9.17, 15) is 4.79 Å². The second-order valence-electron chi connectivity index (χ2n) is 2.73. The molecule has 2 unspecified atom stereocenters. The van der Waals surface area contributed by atoms with Gasteiger partial charge >= 0.3 is 0 Å². The number of carbonyl (C=O) groups excluding carboxylic acids is 1. The maximum absolute atomic E-state index is 10.2. The second-order valence-corrected chi connectivity index (χ2v) is 2.73. The van der Waals surface area contributed by atoms with Gasteiger partial charge in [0.1, 0.15) is 6.29 Å². The highest BCUT2D eigenvalue weighted by Crippen LogP contribution is 2.44. The van der Waals surface area contributed by atoms with Crippen LogP contribution in [0.2, 0.25) is 0 Å². The fourth-order valence-corrected chi connectivity index (χ4v) is 1.53. The molecule has 0 bridgehead atoms. The third-order valence-electron chi connectivity index (χ3n) is 2.20. The third-order valence-corrected chi connectivity index (χ3v) is 2.20. The van der Waals surface area contributed by atoms with E-state index in [1.54, 1.807) is 0 Å². The molecule has 2 nitrogen and oxygen atoms in total. The summed E-state index contributed by atoms with van der Waals surface area (Å²) in [6.45, 7) is 1.08. The van der Waals surface area contributed by atoms with Crippen molar-refractivity contribution >= 4 is 6.29 Å². The van der Waals surface area contributed by atoms with E-state index in [1.807, 2.05) is 0 Å². The SMILES string of the molecule is O=C[C@H]1NCC2CC21. The molecule has 2 fully saturated rings. The molecule has 2 heteroatoms. The Bertz CT molecular complexity index is 124. The Hall–Kier alpha value is -0.370. The van der Waals surface area contributed by atoms with Crippen molar-refractivity contribution in [2.24, 2.45) is 11.8 Å². The summed E-state index contributed by atoms with van der Waals surface area (Å²) in [5, 5.41) is 3.14. The first-order chi connectivity index (χ1) is 3.92. The first kappa shape index (κ1) is 4.50. The molecule has 1 saturated carbocycles. The zero-order valence-corrected chi connectivity index (χ0v) is 4.63. The van der Waals surface area contributed by atoms with Crippen molar-refractivity contribution in [3.8, 4) is 0 Å². The molecule has 0 aromatic rings. The van der Waals surface area contributed by atoms with E-state index in [0.29, 0.717) is 5.92 Å². The van der Waals surface area contributed by atoms with Crippen LogP contribution < -0.4 is 5.32 Å². The standard InChI is InChI=1S/C6H9NO/c8-3-6-5-1-4(5)2-7-6/h3-7H,1-2H2/t4?,5?,6-/m1/s1. The molecule has 1 aliphatic heterocycles. The first-order valence-electron chi connectivity index (χ1n) is 3.10. The number of hydrogen-bond donors (Lipinski definition) is 1. The lowest BCUT2D eigenvalue weighted by Gasteiger charge is -2.00. The van der Waals surface area contributed by atoms with Crippen LogP contribution in [0.15, 0.2) is 0 Å². The molecule has 0 amide bonds. The van der Waals surface area contributed by atoms with Crippen molar-refractivity contribution in [1.82, 2.24) is 5.32 Å². The molecule has 8 heavy (non-hydrogen) atoms. The largest absolute Gasteiger partial charge is 0.307 e. The molecule has 1 saturated heterocycles. The van der Waals surface area contributed by atoms with Crippen LogP contribution in [0.25, 0.3) is 0 Å². The third kappa shape index (κ3) is 0.436. The zero-order valence-electron chi connectivity index (χ0n) is 4.63. The maximum atomic E-state index is 10.2. The van der Waals surface area contributed by atoms with Crippen LogP contribution >= 0.6 is 0 Å². The van der Waals surface area contributed by atoms with Gasteiger partial charge in [0.15, 0.2) is 0 Å². The lowest BCUT2D eigenvalue weighted by atomic mass is 10.2. The molecular formula is C6H9NO. The molecule has 3 atom stereocenters. The molecule has 1 heterocycles. The zero-order chi connectivity index (χ0) is 5.56. The van der Waals surface area contributed by atoms with Crippen molar-refractivity contribution in [1.29, 1.82) is 0 Å². The van der Waals surface area contributed by atoms with E-state index in [-0.39, 0.29) is 6.04 Å². The Labute approximate surface area is 48.3 Å². The number of aldehydes is 1. The normalized spacial score (nSPS) is 50.8. The Morgan fingerprint density at radius 2 is 2.50 bits per heavy atom. The van der Waals surface area contributed by atoms with Gasteiger partial charge in [-0.3, -0.25) is 0 Å². The minimum atomic E-state index is 0.208. The fraction of sp³-hybridized carbons (Fsp3) is 0.833. The van der Waals surface area contributed by atoms with Gasteiger partial charge in [0.2, 0.25) is 0 Å². The predicted molar refractivity (Wildman–Crippen MR) is 29.5 cm³/mol. The van der Waals surface area contributed by atoms with Crippen molar-refractivity contribution in [3.63, 3.8) is 0 Å². The van der Waals surface area contributed by atoms with Crippen LogP contribution in [-0.4, -0.2) is 18.9 Å². The summed E-state index contributed by atoms with van der Waals surface area (Å²) in [6, 6.07) is 0.208. The number of piperidine rings is 1. The number of hydrogen-bond acceptors (Lipinski definition) is 2. The van der Waals surface area contributed by atoms with Crippen molar-refractivity contribution in [3.05, 3.63) is 0 Å². The average Bonchev–Trinajstić information content (AvgIpc) is 2.46. The fourth-order valence-electron chi connectivity index (χ4n) is 1.53. The Kier molecular flexibility index (Phi) is 0.742. The van der Waals surface area contributed by atoms with Gasteiger partial charge in [-0.15, -0.1) is 0 Å². The highest BCUT2D eigenvalue weighted by atomic mass is 16.1. The van der Waals surface area contributed by atoms with Crippen LogP contribution in [-0.2, 0) is 4.79 Å². The Morgan fingerprint density at radius 1 is 1.62 bits per heavy atom. The second kappa shape index (κ2) is 1.32. The first-order valence-corrected chi connectivity index (χ1v) is 3.10. The van der Waals surface area contributed by atoms with E-state index in [1.165, 1.54) is 6.42 Å². The van der Waals surface area contributed by atoms with Gasteiger partial charge in [-0.1, -0.05) is 0 Å². The lowest BCUT2D eigenvalue weighted by molar-refractivity contribution is -0.109. The molecule has 1 aliphatic carbocycles. The Morgan fingerprint density at radius 3 is 2.75 bits per heavy atom. The van der Waals surface area contributed by atoms with Crippen molar-refractivity contribution in [2.75, 3.05) is 6.54 Å². The maximum Gasteiger partial charge on any atom is 0.137 e. The molecule has 0 aromatic heterocycles. The number of fused-ring (bicyclic) bond motifs is 1. The van der Waals surface area contributed by atoms with Gasteiger partial charge in [-0.2, -0.15) is 0 Å². The molecule has 2 aliphatic rings. The molecule has 44 valence electrons. The highest BCUT2D eigenvalue weighted by Gasteiger charge is 2.47. The van der Waals surface area contributed by atoms with Gasteiger partial charge in [-0.25, -0.2) is 0 Å². The van der Waals surface area contributed by atoms with E-state index >= 15 is 0 Å². The van der Waals surface area contributed by atoms with Crippen LogP contribution in [0, 0.1) is 11.8 Å². The predicted octanol–water partition coefficient (Wildman–Crippen LogP) is -0.207. The summed E-state index contributed by atoms with van der Waals surface area (Å²) in [5.41, 5.74) is 0. The van der Waals surface area contributed by atoms with E-state index in [2.05, 4.69) is 5.32 Å². The lowest BCUT2D eigenvalue weighted by Crippen LogP contribution is -2.27. The highest BCUT2D eigenvalue weighted by molar-refractivity contribution is 5.60. The van der Waals surface area contributed by atoms with Gasteiger partial charge in [0, 0.05) is 0 Å². The minimum absolute atomic E-state index is 0.208.